The lowest BCUT2D eigenvalue weighted by molar-refractivity contribution is 0.301. The van der Waals surface area contributed by atoms with E-state index < -0.39 is 0 Å². The van der Waals surface area contributed by atoms with Crippen molar-refractivity contribution in [1.82, 2.24) is 5.32 Å². The second kappa shape index (κ2) is 6.15. The predicted octanol–water partition coefficient (Wildman–Crippen LogP) is 1.57. The second-order valence-corrected chi connectivity index (χ2v) is 4.27. The molecule has 1 rings (SSSR count). The molecule has 14 heavy (non-hydrogen) atoms. The van der Waals surface area contributed by atoms with Gasteiger partial charge in [0.1, 0.15) is 0 Å². The van der Waals surface area contributed by atoms with E-state index in [9.17, 15) is 0 Å². The summed E-state index contributed by atoms with van der Waals surface area (Å²) in [6.07, 6.45) is 0. The van der Waals surface area contributed by atoms with Crippen molar-refractivity contribution in [3.05, 3.63) is 27.8 Å². The molecular formula is C9H11IN2OS. The number of halogens is 1. The third-order valence-corrected chi connectivity index (χ3v) is 2.47. The maximum absolute atomic E-state index is 8.57. The van der Waals surface area contributed by atoms with Gasteiger partial charge in [0, 0.05) is 15.8 Å². The number of aliphatic hydroxyl groups is 1. The minimum Gasteiger partial charge on any atom is -0.395 e. The molecule has 5 heteroatoms. The minimum atomic E-state index is 0.0779. The van der Waals surface area contributed by atoms with E-state index in [-0.39, 0.29) is 6.61 Å². The Bertz CT molecular complexity index is 302. The molecule has 3 nitrogen and oxygen atoms in total. The molecule has 3 N–H and O–H groups in total. The van der Waals surface area contributed by atoms with Gasteiger partial charge < -0.3 is 15.7 Å². The summed E-state index contributed by atoms with van der Waals surface area (Å²) in [5, 5.41) is 15.0. The number of thiocarbonyl (C=S) groups is 1. The van der Waals surface area contributed by atoms with E-state index in [1.807, 2.05) is 24.3 Å². The highest BCUT2D eigenvalue weighted by molar-refractivity contribution is 14.1. The van der Waals surface area contributed by atoms with Gasteiger partial charge in [0.15, 0.2) is 5.11 Å². The fourth-order valence-corrected chi connectivity index (χ4v) is 1.46. The molecule has 0 unspecified atom stereocenters. The van der Waals surface area contributed by atoms with Crippen molar-refractivity contribution in [2.75, 3.05) is 18.5 Å². The molecule has 0 aliphatic carbocycles. The predicted molar refractivity (Wildman–Crippen MR) is 70.5 cm³/mol. The average Bonchev–Trinajstić information content (AvgIpc) is 2.18. The van der Waals surface area contributed by atoms with Crippen LogP contribution in [-0.4, -0.2) is 23.4 Å². The molecule has 0 amide bonds. The van der Waals surface area contributed by atoms with E-state index in [4.69, 9.17) is 17.3 Å². The van der Waals surface area contributed by atoms with Crippen LogP contribution in [0, 0.1) is 3.57 Å². The quantitative estimate of drug-likeness (QED) is 0.584. The fraction of sp³-hybridized carbons (Fsp3) is 0.222. The molecule has 0 aliphatic heterocycles. The molecule has 1 aromatic rings. The Balaban J connectivity index is 2.44. The number of anilines is 1. The largest absolute Gasteiger partial charge is 0.395 e. The Morgan fingerprint density at radius 3 is 2.57 bits per heavy atom. The monoisotopic (exact) mass is 322 g/mol. The minimum absolute atomic E-state index is 0.0779. The molecule has 76 valence electrons. The van der Waals surface area contributed by atoms with Gasteiger partial charge in [-0.1, -0.05) is 0 Å². The first-order valence-corrected chi connectivity index (χ1v) is 5.62. The van der Waals surface area contributed by atoms with E-state index in [1.165, 1.54) is 3.57 Å². The van der Waals surface area contributed by atoms with Crippen LogP contribution in [0.25, 0.3) is 0 Å². The first kappa shape index (κ1) is 11.7. The van der Waals surface area contributed by atoms with Gasteiger partial charge in [0.2, 0.25) is 0 Å². The summed E-state index contributed by atoms with van der Waals surface area (Å²) < 4.78 is 1.18. The summed E-state index contributed by atoms with van der Waals surface area (Å²) >= 11 is 7.24. The van der Waals surface area contributed by atoms with Crippen molar-refractivity contribution >= 4 is 45.6 Å². The summed E-state index contributed by atoms with van der Waals surface area (Å²) in [6.45, 7) is 0.546. The van der Waals surface area contributed by atoms with Crippen molar-refractivity contribution in [3.63, 3.8) is 0 Å². The highest BCUT2D eigenvalue weighted by Gasteiger charge is 1.95. The van der Waals surface area contributed by atoms with Gasteiger partial charge in [0.05, 0.1) is 6.61 Å². The molecule has 0 aromatic heterocycles. The van der Waals surface area contributed by atoms with Crippen LogP contribution >= 0.6 is 34.8 Å². The van der Waals surface area contributed by atoms with Crippen LogP contribution in [0.4, 0.5) is 5.69 Å². The maximum Gasteiger partial charge on any atom is 0.170 e. The van der Waals surface area contributed by atoms with Crippen molar-refractivity contribution in [3.8, 4) is 0 Å². The first-order chi connectivity index (χ1) is 6.72. The number of benzene rings is 1. The average molecular weight is 322 g/mol. The zero-order chi connectivity index (χ0) is 10.4. The molecule has 0 spiro atoms. The SMILES string of the molecule is OCCNC(=S)Nc1ccc(I)cc1. The van der Waals surface area contributed by atoms with Gasteiger partial charge in [-0.2, -0.15) is 0 Å². The van der Waals surface area contributed by atoms with Crippen LogP contribution in [0.15, 0.2) is 24.3 Å². The number of aliphatic hydroxyl groups excluding tert-OH is 1. The van der Waals surface area contributed by atoms with Gasteiger partial charge in [-0.3, -0.25) is 0 Å². The lowest BCUT2D eigenvalue weighted by atomic mass is 10.3. The summed E-state index contributed by atoms with van der Waals surface area (Å²) in [5.74, 6) is 0. The highest BCUT2D eigenvalue weighted by atomic mass is 127. The Morgan fingerprint density at radius 1 is 1.36 bits per heavy atom. The zero-order valence-electron chi connectivity index (χ0n) is 7.46. The molecule has 1 aromatic carbocycles. The van der Waals surface area contributed by atoms with Crippen LogP contribution in [0.2, 0.25) is 0 Å². The van der Waals surface area contributed by atoms with Gasteiger partial charge in [-0.15, -0.1) is 0 Å². The van der Waals surface area contributed by atoms with Crippen LogP contribution < -0.4 is 10.6 Å². The lowest BCUT2D eigenvalue weighted by Crippen LogP contribution is -2.30. The summed E-state index contributed by atoms with van der Waals surface area (Å²) in [6, 6.07) is 7.90. The molecule has 0 bridgehead atoms. The van der Waals surface area contributed by atoms with E-state index >= 15 is 0 Å². The van der Waals surface area contributed by atoms with Crippen molar-refractivity contribution in [2.24, 2.45) is 0 Å². The summed E-state index contributed by atoms with van der Waals surface area (Å²) in [4.78, 5) is 0. The topological polar surface area (TPSA) is 44.3 Å². The number of nitrogens with one attached hydrogen (secondary N) is 2. The molecule has 0 fully saturated rings. The molecule has 0 saturated carbocycles. The van der Waals surface area contributed by atoms with Crippen LogP contribution in [0.1, 0.15) is 0 Å². The third kappa shape index (κ3) is 4.21. The van der Waals surface area contributed by atoms with Gasteiger partial charge in [0.25, 0.3) is 0 Å². The smallest absolute Gasteiger partial charge is 0.170 e. The van der Waals surface area contributed by atoms with Crippen LogP contribution in [-0.2, 0) is 0 Å². The highest BCUT2D eigenvalue weighted by Crippen LogP contribution is 2.10. The third-order valence-electron chi connectivity index (χ3n) is 1.50. The Labute approximate surface area is 102 Å². The van der Waals surface area contributed by atoms with Crippen molar-refractivity contribution < 1.29 is 5.11 Å². The molecular weight excluding hydrogens is 311 g/mol. The fourth-order valence-electron chi connectivity index (χ4n) is 0.878. The Morgan fingerprint density at radius 2 is 2.00 bits per heavy atom. The zero-order valence-corrected chi connectivity index (χ0v) is 10.4. The van der Waals surface area contributed by atoms with Crippen molar-refractivity contribution in [1.29, 1.82) is 0 Å². The molecule has 0 saturated heterocycles. The normalized spacial score (nSPS) is 9.57. The van der Waals surface area contributed by atoms with E-state index in [0.29, 0.717) is 11.7 Å². The van der Waals surface area contributed by atoms with E-state index in [2.05, 4.69) is 33.2 Å². The van der Waals surface area contributed by atoms with Crippen LogP contribution in [0.3, 0.4) is 0 Å². The van der Waals surface area contributed by atoms with E-state index in [0.717, 1.165) is 5.69 Å². The number of hydrogen-bond donors (Lipinski definition) is 3. The molecule has 0 radical (unpaired) electrons. The first-order valence-electron chi connectivity index (χ1n) is 4.13. The Kier molecular flexibility index (Phi) is 5.13. The van der Waals surface area contributed by atoms with Crippen molar-refractivity contribution in [2.45, 2.75) is 0 Å². The standard InChI is InChI=1S/C9H11IN2OS/c10-7-1-3-8(4-2-7)12-9(14)11-5-6-13/h1-4,13H,5-6H2,(H2,11,12,14). The van der Waals surface area contributed by atoms with Gasteiger partial charge in [-0.05, 0) is 59.1 Å². The van der Waals surface area contributed by atoms with Gasteiger partial charge in [-0.25, -0.2) is 0 Å². The van der Waals surface area contributed by atoms with Gasteiger partial charge >= 0.3 is 0 Å². The summed E-state index contributed by atoms with van der Waals surface area (Å²) in [5.41, 5.74) is 0.945. The van der Waals surface area contributed by atoms with E-state index in [1.54, 1.807) is 0 Å². The van der Waals surface area contributed by atoms with Crippen LogP contribution in [0.5, 0.6) is 0 Å². The maximum atomic E-state index is 8.57. The Hall–Kier alpha value is -0.400. The molecule has 0 atom stereocenters. The number of hydrogen-bond acceptors (Lipinski definition) is 2. The summed E-state index contributed by atoms with van der Waals surface area (Å²) in [7, 11) is 0. The molecule has 0 aliphatic rings. The second-order valence-electron chi connectivity index (χ2n) is 2.61. The number of rotatable bonds is 3. The molecule has 0 heterocycles. The lowest BCUT2D eigenvalue weighted by Gasteiger charge is -2.08.